The number of halogens is 2. The Morgan fingerprint density at radius 3 is 2.47 bits per heavy atom. The highest BCUT2D eigenvalue weighted by molar-refractivity contribution is 9.10. The van der Waals surface area contributed by atoms with Crippen molar-refractivity contribution in [1.29, 1.82) is 0 Å². The molecular formula is C15H16BrFN2. The second-order valence-electron chi connectivity index (χ2n) is 4.35. The Bertz CT molecular complexity index is 555. The minimum Gasteiger partial charge on any atom is -0.344 e. The topological polar surface area (TPSA) is 29.3 Å². The number of nitrogens with two attached hydrogens (primary N) is 1. The van der Waals surface area contributed by atoms with Crippen molar-refractivity contribution in [3.8, 4) is 0 Å². The summed E-state index contributed by atoms with van der Waals surface area (Å²) in [6, 6.07) is 12.6. The average Bonchev–Trinajstić information content (AvgIpc) is 2.39. The Balaban J connectivity index is 2.37. The summed E-state index contributed by atoms with van der Waals surface area (Å²) in [6.07, 6.45) is 0.806. The van der Waals surface area contributed by atoms with Crippen LogP contribution in [0, 0.1) is 5.82 Å². The van der Waals surface area contributed by atoms with Gasteiger partial charge in [-0.3, -0.25) is 0 Å². The van der Waals surface area contributed by atoms with Gasteiger partial charge in [-0.2, -0.15) is 0 Å². The molecule has 19 heavy (non-hydrogen) atoms. The van der Waals surface area contributed by atoms with E-state index in [1.165, 1.54) is 17.7 Å². The second kappa shape index (κ2) is 6.17. The fourth-order valence-corrected chi connectivity index (χ4v) is 2.45. The molecule has 0 saturated heterocycles. The molecule has 0 spiro atoms. The molecule has 2 aromatic rings. The van der Waals surface area contributed by atoms with Crippen LogP contribution in [0.4, 0.5) is 15.8 Å². The van der Waals surface area contributed by atoms with Gasteiger partial charge in [0.1, 0.15) is 5.82 Å². The Morgan fingerprint density at radius 2 is 1.84 bits per heavy atom. The largest absolute Gasteiger partial charge is 0.344 e. The van der Waals surface area contributed by atoms with E-state index in [0.717, 1.165) is 22.3 Å². The molecular weight excluding hydrogens is 307 g/mol. The molecule has 4 heteroatoms. The zero-order valence-corrected chi connectivity index (χ0v) is 12.3. The molecule has 2 aromatic carbocycles. The van der Waals surface area contributed by atoms with Crippen LogP contribution in [-0.4, -0.2) is 13.6 Å². The lowest BCUT2D eigenvalue weighted by molar-refractivity contribution is 0.628. The van der Waals surface area contributed by atoms with Gasteiger partial charge in [-0.15, -0.1) is 0 Å². The van der Waals surface area contributed by atoms with E-state index in [-0.39, 0.29) is 5.82 Å². The van der Waals surface area contributed by atoms with Crippen LogP contribution >= 0.6 is 15.9 Å². The maximum Gasteiger partial charge on any atom is 0.123 e. The van der Waals surface area contributed by atoms with Crippen molar-refractivity contribution in [2.75, 3.05) is 18.5 Å². The smallest absolute Gasteiger partial charge is 0.123 e. The third-order valence-electron chi connectivity index (χ3n) is 3.03. The van der Waals surface area contributed by atoms with E-state index in [9.17, 15) is 4.39 Å². The molecule has 0 aromatic heterocycles. The molecule has 2 rings (SSSR count). The third kappa shape index (κ3) is 3.33. The fraction of sp³-hybridized carbons (Fsp3) is 0.200. The van der Waals surface area contributed by atoms with E-state index in [1.54, 1.807) is 12.1 Å². The zero-order chi connectivity index (χ0) is 13.8. The van der Waals surface area contributed by atoms with Crippen molar-refractivity contribution in [2.24, 2.45) is 5.73 Å². The Hall–Kier alpha value is -1.39. The molecule has 0 aliphatic rings. The molecule has 2 nitrogen and oxygen atoms in total. The lowest BCUT2D eigenvalue weighted by Gasteiger charge is -2.23. The van der Waals surface area contributed by atoms with Gasteiger partial charge >= 0.3 is 0 Å². The van der Waals surface area contributed by atoms with Crippen LogP contribution in [0.5, 0.6) is 0 Å². The Kier molecular flexibility index (Phi) is 4.56. The van der Waals surface area contributed by atoms with Crippen molar-refractivity contribution >= 4 is 27.3 Å². The summed E-state index contributed by atoms with van der Waals surface area (Å²) in [4.78, 5) is 2.04. The van der Waals surface area contributed by atoms with E-state index in [4.69, 9.17) is 5.73 Å². The van der Waals surface area contributed by atoms with Gasteiger partial charge in [0.15, 0.2) is 0 Å². The van der Waals surface area contributed by atoms with Crippen LogP contribution in [0.25, 0.3) is 0 Å². The summed E-state index contributed by atoms with van der Waals surface area (Å²) < 4.78 is 14.0. The maximum atomic E-state index is 13.0. The predicted octanol–water partition coefficient (Wildman–Crippen LogP) is 3.86. The molecule has 0 bridgehead atoms. The molecule has 0 amide bonds. The molecule has 0 saturated carbocycles. The molecule has 0 fully saturated rings. The maximum absolute atomic E-state index is 13.0. The molecule has 2 N–H and O–H groups in total. The van der Waals surface area contributed by atoms with Crippen LogP contribution in [0.1, 0.15) is 5.56 Å². The van der Waals surface area contributed by atoms with Crippen molar-refractivity contribution in [3.63, 3.8) is 0 Å². The van der Waals surface area contributed by atoms with E-state index in [0.29, 0.717) is 6.54 Å². The third-order valence-corrected chi connectivity index (χ3v) is 3.52. The number of rotatable bonds is 4. The number of nitrogens with zero attached hydrogens (tertiary/aromatic N) is 1. The van der Waals surface area contributed by atoms with E-state index >= 15 is 0 Å². The molecule has 0 heterocycles. The van der Waals surface area contributed by atoms with Gasteiger partial charge in [0.05, 0.1) is 0 Å². The summed E-state index contributed by atoms with van der Waals surface area (Å²) in [5.74, 6) is -0.227. The predicted molar refractivity (Wildman–Crippen MR) is 81.4 cm³/mol. The van der Waals surface area contributed by atoms with Gasteiger partial charge in [0.2, 0.25) is 0 Å². The summed E-state index contributed by atoms with van der Waals surface area (Å²) in [5, 5.41) is 0. The van der Waals surface area contributed by atoms with Crippen LogP contribution in [0.2, 0.25) is 0 Å². The molecule has 100 valence electrons. The summed E-state index contributed by atoms with van der Waals surface area (Å²) in [5.41, 5.74) is 8.85. The first kappa shape index (κ1) is 14.0. The van der Waals surface area contributed by atoms with Crippen LogP contribution < -0.4 is 10.6 Å². The molecule has 0 atom stereocenters. The van der Waals surface area contributed by atoms with Crippen molar-refractivity contribution in [1.82, 2.24) is 0 Å². The van der Waals surface area contributed by atoms with Crippen molar-refractivity contribution in [2.45, 2.75) is 6.42 Å². The quantitative estimate of drug-likeness (QED) is 0.926. The highest BCUT2D eigenvalue weighted by Gasteiger charge is 2.09. The first-order valence-electron chi connectivity index (χ1n) is 6.09. The number of anilines is 2. The highest BCUT2D eigenvalue weighted by Crippen LogP contribution is 2.29. The Morgan fingerprint density at radius 1 is 1.16 bits per heavy atom. The van der Waals surface area contributed by atoms with Gasteiger partial charge < -0.3 is 10.6 Å². The van der Waals surface area contributed by atoms with Gasteiger partial charge in [-0.25, -0.2) is 4.39 Å². The Labute approximate surface area is 121 Å². The van der Waals surface area contributed by atoms with E-state index in [1.807, 2.05) is 24.1 Å². The lowest BCUT2D eigenvalue weighted by Crippen LogP contribution is -2.13. The number of hydrogen-bond donors (Lipinski definition) is 1. The second-order valence-corrected chi connectivity index (χ2v) is 5.26. The first-order chi connectivity index (χ1) is 9.11. The number of hydrogen-bond acceptors (Lipinski definition) is 2. The monoisotopic (exact) mass is 322 g/mol. The minimum absolute atomic E-state index is 0.227. The normalized spacial score (nSPS) is 10.5. The summed E-state index contributed by atoms with van der Waals surface area (Å²) in [6.45, 7) is 0.598. The standard InChI is InChI=1S/C15H16BrFN2/c1-19(14-5-3-13(17)4-6-14)15-7-2-12(16)10-11(15)8-9-18/h2-7,10H,8-9,18H2,1H3. The number of benzene rings is 2. The lowest BCUT2D eigenvalue weighted by atomic mass is 10.1. The van der Waals surface area contributed by atoms with Gasteiger partial charge in [0.25, 0.3) is 0 Å². The summed E-state index contributed by atoms with van der Waals surface area (Å²) in [7, 11) is 1.97. The fourth-order valence-electron chi connectivity index (χ4n) is 2.04. The molecule has 0 unspecified atom stereocenters. The average molecular weight is 323 g/mol. The van der Waals surface area contributed by atoms with Crippen molar-refractivity contribution < 1.29 is 4.39 Å². The van der Waals surface area contributed by atoms with Gasteiger partial charge in [-0.1, -0.05) is 15.9 Å². The molecule has 0 aliphatic carbocycles. The first-order valence-corrected chi connectivity index (χ1v) is 6.89. The van der Waals surface area contributed by atoms with Gasteiger partial charge in [-0.05, 0) is 61.0 Å². The minimum atomic E-state index is -0.227. The molecule has 0 radical (unpaired) electrons. The van der Waals surface area contributed by atoms with E-state index < -0.39 is 0 Å². The van der Waals surface area contributed by atoms with Crippen molar-refractivity contribution in [3.05, 3.63) is 58.3 Å². The zero-order valence-electron chi connectivity index (χ0n) is 10.7. The highest BCUT2D eigenvalue weighted by atomic mass is 79.9. The van der Waals surface area contributed by atoms with Crippen LogP contribution in [0.3, 0.4) is 0 Å². The van der Waals surface area contributed by atoms with Gasteiger partial charge in [0, 0.05) is 22.9 Å². The van der Waals surface area contributed by atoms with E-state index in [2.05, 4.69) is 22.0 Å². The summed E-state index contributed by atoms with van der Waals surface area (Å²) >= 11 is 3.47. The van der Waals surface area contributed by atoms with Crippen LogP contribution in [-0.2, 0) is 6.42 Å². The molecule has 0 aliphatic heterocycles. The van der Waals surface area contributed by atoms with Crippen LogP contribution in [0.15, 0.2) is 46.9 Å². The SMILES string of the molecule is CN(c1ccc(F)cc1)c1ccc(Br)cc1CCN.